The molecule has 0 fully saturated rings. The first-order chi connectivity index (χ1) is 8.60. The maximum absolute atomic E-state index is 12.0. The number of benzene rings is 1. The van der Waals surface area contributed by atoms with Gasteiger partial charge in [-0.3, -0.25) is 4.79 Å². The van der Waals surface area contributed by atoms with E-state index in [-0.39, 0.29) is 5.91 Å². The van der Waals surface area contributed by atoms with Crippen molar-refractivity contribution in [1.29, 1.82) is 0 Å². The van der Waals surface area contributed by atoms with E-state index in [0.29, 0.717) is 6.54 Å². The summed E-state index contributed by atoms with van der Waals surface area (Å²) in [7, 11) is 0. The first-order valence-electron chi connectivity index (χ1n) is 6.66. The second kappa shape index (κ2) is 7.17. The Labute approximate surface area is 110 Å². The maximum atomic E-state index is 12.0. The zero-order chi connectivity index (χ0) is 13.5. The van der Waals surface area contributed by atoms with Crippen LogP contribution < -0.4 is 5.32 Å². The van der Waals surface area contributed by atoms with Gasteiger partial charge in [-0.15, -0.1) is 0 Å². The van der Waals surface area contributed by atoms with E-state index in [1.54, 1.807) is 0 Å². The third-order valence-electron chi connectivity index (χ3n) is 3.46. The second-order valence-electron chi connectivity index (χ2n) is 4.53. The van der Waals surface area contributed by atoms with Crippen LogP contribution in [0.1, 0.15) is 35.3 Å². The van der Waals surface area contributed by atoms with Crippen molar-refractivity contribution in [2.45, 2.75) is 27.7 Å². The highest BCUT2D eigenvalue weighted by atomic mass is 16.1. The molecule has 18 heavy (non-hydrogen) atoms. The first kappa shape index (κ1) is 14.7. The van der Waals surface area contributed by atoms with Crippen LogP contribution in [0.2, 0.25) is 0 Å². The summed E-state index contributed by atoms with van der Waals surface area (Å²) in [6.45, 7) is 12.0. The fourth-order valence-corrected chi connectivity index (χ4v) is 1.96. The van der Waals surface area contributed by atoms with Crippen molar-refractivity contribution in [3.63, 3.8) is 0 Å². The first-order valence-corrected chi connectivity index (χ1v) is 6.66. The molecule has 0 aliphatic heterocycles. The number of likely N-dealkylation sites (N-methyl/N-ethyl adjacent to an activating group) is 1. The Kier molecular flexibility index (Phi) is 5.86. The molecule has 0 saturated heterocycles. The zero-order valence-corrected chi connectivity index (χ0v) is 11.9. The lowest BCUT2D eigenvalue weighted by Crippen LogP contribution is -2.35. The lowest BCUT2D eigenvalue weighted by Gasteiger charge is -2.18. The summed E-state index contributed by atoms with van der Waals surface area (Å²) in [6.07, 6.45) is 0. The quantitative estimate of drug-likeness (QED) is 0.838. The molecule has 0 aliphatic rings. The van der Waals surface area contributed by atoms with Crippen LogP contribution in [-0.4, -0.2) is 37.0 Å². The van der Waals surface area contributed by atoms with Gasteiger partial charge in [-0.1, -0.05) is 26.0 Å². The van der Waals surface area contributed by atoms with Crippen LogP contribution in [0, 0.1) is 13.8 Å². The third kappa shape index (κ3) is 3.84. The van der Waals surface area contributed by atoms with Gasteiger partial charge in [-0.05, 0) is 44.1 Å². The molecule has 1 aromatic carbocycles. The van der Waals surface area contributed by atoms with Crippen molar-refractivity contribution in [2.75, 3.05) is 26.2 Å². The number of carbonyl (C=O) groups excluding carboxylic acids is 1. The van der Waals surface area contributed by atoms with Gasteiger partial charge in [0.2, 0.25) is 0 Å². The predicted octanol–water partition coefficient (Wildman–Crippen LogP) is 2.38. The summed E-state index contributed by atoms with van der Waals surface area (Å²) in [6, 6.07) is 5.85. The van der Waals surface area contributed by atoms with Crippen molar-refractivity contribution in [3.05, 3.63) is 34.9 Å². The molecule has 1 amide bonds. The van der Waals surface area contributed by atoms with Crippen LogP contribution in [0.25, 0.3) is 0 Å². The number of amides is 1. The topological polar surface area (TPSA) is 32.3 Å². The number of nitrogens with one attached hydrogen (secondary N) is 1. The number of carbonyl (C=O) groups is 1. The minimum atomic E-state index is 0.0309. The number of aryl methyl sites for hydroxylation is 1. The third-order valence-corrected chi connectivity index (χ3v) is 3.46. The van der Waals surface area contributed by atoms with E-state index in [4.69, 9.17) is 0 Å². The molecule has 3 nitrogen and oxygen atoms in total. The van der Waals surface area contributed by atoms with Gasteiger partial charge in [0, 0.05) is 18.7 Å². The summed E-state index contributed by atoms with van der Waals surface area (Å²) in [5.74, 6) is 0.0309. The maximum Gasteiger partial charge on any atom is 0.251 e. The molecule has 0 bridgehead atoms. The van der Waals surface area contributed by atoms with Gasteiger partial charge in [-0.2, -0.15) is 0 Å². The molecule has 1 aromatic rings. The van der Waals surface area contributed by atoms with Gasteiger partial charge in [0.15, 0.2) is 0 Å². The molecule has 1 N–H and O–H groups in total. The molecule has 0 saturated carbocycles. The van der Waals surface area contributed by atoms with Gasteiger partial charge >= 0.3 is 0 Å². The summed E-state index contributed by atoms with van der Waals surface area (Å²) >= 11 is 0. The van der Waals surface area contributed by atoms with Crippen LogP contribution in [-0.2, 0) is 0 Å². The van der Waals surface area contributed by atoms with E-state index < -0.39 is 0 Å². The molecule has 0 unspecified atom stereocenters. The predicted molar refractivity (Wildman–Crippen MR) is 76.0 cm³/mol. The Morgan fingerprint density at radius 2 is 1.89 bits per heavy atom. The van der Waals surface area contributed by atoms with E-state index in [1.807, 2.05) is 32.0 Å². The molecule has 0 aromatic heterocycles. The average Bonchev–Trinajstić information content (AvgIpc) is 2.37. The molecule has 0 radical (unpaired) electrons. The molecular weight excluding hydrogens is 224 g/mol. The van der Waals surface area contributed by atoms with Crippen molar-refractivity contribution >= 4 is 5.91 Å². The van der Waals surface area contributed by atoms with Crippen LogP contribution >= 0.6 is 0 Å². The Balaban J connectivity index is 2.53. The molecule has 0 aliphatic carbocycles. The van der Waals surface area contributed by atoms with Gasteiger partial charge in [-0.25, -0.2) is 0 Å². The van der Waals surface area contributed by atoms with Crippen LogP contribution in [0.4, 0.5) is 0 Å². The monoisotopic (exact) mass is 248 g/mol. The van der Waals surface area contributed by atoms with E-state index in [2.05, 4.69) is 24.1 Å². The fraction of sp³-hybridized carbons (Fsp3) is 0.533. The summed E-state index contributed by atoms with van der Waals surface area (Å²) in [4.78, 5) is 14.3. The molecular formula is C15H24N2O. The molecule has 0 atom stereocenters. The fourth-order valence-electron chi connectivity index (χ4n) is 1.96. The Bertz CT molecular complexity index is 397. The Morgan fingerprint density at radius 1 is 1.22 bits per heavy atom. The lowest BCUT2D eigenvalue weighted by molar-refractivity contribution is 0.0948. The Morgan fingerprint density at radius 3 is 2.50 bits per heavy atom. The molecule has 100 valence electrons. The van der Waals surface area contributed by atoms with Gasteiger partial charge < -0.3 is 10.2 Å². The smallest absolute Gasteiger partial charge is 0.251 e. The van der Waals surface area contributed by atoms with Gasteiger partial charge in [0.1, 0.15) is 0 Å². The normalized spacial score (nSPS) is 10.7. The van der Waals surface area contributed by atoms with Crippen LogP contribution in [0.3, 0.4) is 0 Å². The summed E-state index contributed by atoms with van der Waals surface area (Å²) in [5.41, 5.74) is 3.01. The lowest BCUT2D eigenvalue weighted by atomic mass is 10.0. The summed E-state index contributed by atoms with van der Waals surface area (Å²) in [5, 5.41) is 2.99. The largest absolute Gasteiger partial charge is 0.351 e. The van der Waals surface area contributed by atoms with Crippen molar-refractivity contribution in [1.82, 2.24) is 10.2 Å². The van der Waals surface area contributed by atoms with Gasteiger partial charge in [0.05, 0.1) is 0 Å². The molecule has 0 spiro atoms. The van der Waals surface area contributed by atoms with Crippen molar-refractivity contribution < 1.29 is 4.79 Å². The SMILES string of the molecule is CCN(CC)CCNC(=O)c1cccc(C)c1C. The number of rotatable bonds is 6. The molecule has 1 rings (SSSR count). The molecule has 0 heterocycles. The summed E-state index contributed by atoms with van der Waals surface area (Å²) < 4.78 is 0. The Hall–Kier alpha value is -1.35. The van der Waals surface area contributed by atoms with E-state index in [9.17, 15) is 4.79 Å². The van der Waals surface area contributed by atoms with E-state index in [0.717, 1.165) is 36.3 Å². The zero-order valence-electron chi connectivity index (χ0n) is 11.9. The highest BCUT2D eigenvalue weighted by molar-refractivity contribution is 5.95. The van der Waals surface area contributed by atoms with E-state index in [1.165, 1.54) is 0 Å². The van der Waals surface area contributed by atoms with E-state index >= 15 is 0 Å². The van der Waals surface area contributed by atoms with Crippen molar-refractivity contribution in [3.8, 4) is 0 Å². The standard InChI is InChI=1S/C15H24N2O/c1-5-17(6-2)11-10-16-15(18)14-9-7-8-12(3)13(14)4/h7-9H,5-6,10-11H2,1-4H3,(H,16,18). The van der Waals surface area contributed by atoms with Crippen LogP contribution in [0.15, 0.2) is 18.2 Å². The highest BCUT2D eigenvalue weighted by Gasteiger charge is 2.09. The number of hydrogen-bond acceptors (Lipinski definition) is 2. The molecule has 3 heteroatoms. The van der Waals surface area contributed by atoms with Crippen molar-refractivity contribution in [2.24, 2.45) is 0 Å². The minimum Gasteiger partial charge on any atom is -0.351 e. The second-order valence-corrected chi connectivity index (χ2v) is 4.53. The number of nitrogens with zero attached hydrogens (tertiary/aromatic N) is 1. The minimum absolute atomic E-state index is 0.0309. The van der Waals surface area contributed by atoms with Gasteiger partial charge in [0.25, 0.3) is 5.91 Å². The highest BCUT2D eigenvalue weighted by Crippen LogP contribution is 2.12. The average molecular weight is 248 g/mol. The van der Waals surface area contributed by atoms with Crippen LogP contribution in [0.5, 0.6) is 0 Å². The number of hydrogen-bond donors (Lipinski definition) is 1.